The van der Waals surface area contributed by atoms with Gasteiger partial charge in [0.15, 0.2) is 0 Å². The quantitative estimate of drug-likeness (QED) is 0.239. The summed E-state index contributed by atoms with van der Waals surface area (Å²) in [5, 5.41) is 11.0. The zero-order valence-corrected chi connectivity index (χ0v) is 4.98. The van der Waals surface area contributed by atoms with Crippen molar-refractivity contribution in [2.45, 2.75) is 0 Å². The summed E-state index contributed by atoms with van der Waals surface area (Å²) in [6, 6.07) is 0. The molecule has 0 saturated heterocycles. The molecule has 0 unspecified atom stereocenters. The van der Waals surface area contributed by atoms with Gasteiger partial charge in [-0.25, -0.2) is 0 Å². The molecule has 0 aliphatic heterocycles. The molecule has 8 heavy (non-hydrogen) atoms. The number of hydrogen-bond acceptors (Lipinski definition) is 4. The van der Waals surface area contributed by atoms with E-state index in [0.717, 1.165) is 6.54 Å². The minimum atomic E-state index is -0.135. The molecule has 0 spiro atoms. The van der Waals surface area contributed by atoms with E-state index >= 15 is 0 Å². The van der Waals surface area contributed by atoms with Crippen LogP contribution in [0.1, 0.15) is 0 Å². The van der Waals surface area contributed by atoms with Gasteiger partial charge in [0.05, 0.1) is 6.61 Å². The highest BCUT2D eigenvalue weighted by atomic mass is 16.7. The van der Waals surface area contributed by atoms with Gasteiger partial charge in [-0.3, -0.25) is 4.84 Å². The first-order valence-electron chi connectivity index (χ1n) is 2.52. The zero-order chi connectivity index (χ0) is 6.24. The van der Waals surface area contributed by atoms with E-state index in [2.05, 4.69) is 15.6 Å². The number of hydrogen-bond donors (Lipinski definition) is 3. The van der Waals surface area contributed by atoms with Crippen LogP contribution in [0.4, 0.5) is 0 Å². The van der Waals surface area contributed by atoms with Crippen LogP contribution in [0.2, 0.25) is 0 Å². The highest BCUT2D eigenvalue weighted by Gasteiger charge is 1.79. The third-order valence-electron chi connectivity index (χ3n) is 0.621. The molecule has 0 atom stereocenters. The SMILES string of the molecule is CNCCONCO. The van der Waals surface area contributed by atoms with Gasteiger partial charge in [0, 0.05) is 6.54 Å². The van der Waals surface area contributed by atoms with E-state index in [1.165, 1.54) is 0 Å². The molecule has 0 bridgehead atoms. The lowest BCUT2D eigenvalue weighted by Gasteiger charge is -1.99. The summed E-state index contributed by atoms with van der Waals surface area (Å²) < 4.78 is 0. The second-order valence-electron chi connectivity index (χ2n) is 1.25. The Morgan fingerprint density at radius 3 is 2.88 bits per heavy atom. The molecule has 0 radical (unpaired) electrons. The summed E-state index contributed by atoms with van der Waals surface area (Å²) in [5.74, 6) is 0. The Morgan fingerprint density at radius 2 is 2.38 bits per heavy atom. The van der Waals surface area contributed by atoms with Crippen molar-refractivity contribution >= 4 is 0 Å². The molecule has 0 saturated carbocycles. The molecular weight excluding hydrogens is 108 g/mol. The van der Waals surface area contributed by atoms with Crippen molar-refractivity contribution in [3.05, 3.63) is 0 Å². The molecule has 0 aliphatic rings. The monoisotopic (exact) mass is 120 g/mol. The van der Waals surface area contributed by atoms with Crippen molar-refractivity contribution in [1.82, 2.24) is 10.8 Å². The minimum absolute atomic E-state index is 0.135. The van der Waals surface area contributed by atoms with E-state index in [4.69, 9.17) is 5.11 Å². The Bertz CT molecular complexity index is 37.0. The number of aliphatic hydroxyl groups is 1. The average molecular weight is 120 g/mol. The predicted molar refractivity (Wildman–Crippen MR) is 30.1 cm³/mol. The summed E-state index contributed by atoms with van der Waals surface area (Å²) in [6.07, 6.45) is 0. The van der Waals surface area contributed by atoms with E-state index in [0.29, 0.717) is 6.61 Å². The topological polar surface area (TPSA) is 53.5 Å². The van der Waals surface area contributed by atoms with Gasteiger partial charge in [-0.05, 0) is 7.05 Å². The number of rotatable bonds is 5. The first-order valence-corrected chi connectivity index (χ1v) is 2.52. The lowest BCUT2D eigenvalue weighted by molar-refractivity contribution is -0.00248. The van der Waals surface area contributed by atoms with E-state index in [9.17, 15) is 0 Å². The maximum Gasteiger partial charge on any atom is 0.116 e. The van der Waals surface area contributed by atoms with Crippen LogP contribution in [0, 0.1) is 0 Å². The van der Waals surface area contributed by atoms with Crippen molar-refractivity contribution in [3.8, 4) is 0 Å². The lowest BCUT2D eigenvalue weighted by atomic mass is 10.7. The number of nitrogens with one attached hydrogen (secondary N) is 2. The lowest BCUT2D eigenvalue weighted by Crippen LogP contribution is -2.22. The Kier molecular flexibility index (Phi) is 6.70. The van der Waals surface area contributed by atoms with Crippen LogP contribution in [0.15, 0.2) is 0 Å². The van der Waals surface area contributed by atoms with Crippen LogP contribution in [-0.4, -0.2) is 32.0 Å². The summed E-state index contributed by atoms with van der Waals surface area (Å²) in [7, 11) is 1.84. The highest BCUT2D eigenvalue weighted by molar-refractivity contribution is 4.30. The largest absolute Gasteiger partial charge is 0.379 e. The first-order chi connectivity index (χ1) is 3.91. The fourth-order valence-electron chi connectivity index (χ4n) is 0.271. The fraction of sp³-hybridized carbons (Fsp3) is 1.00. The molecule has 4 heteroatoms. The molecule has 0 aromatic rings. The molecule has 0 aromatic carbocycles. The van der Waals surface area contributed by atoms with Gasteiger partial charge in [0.2, 0.25) is 0 Å². The van der Waals surface area contributed by atoms with Crippen molar-refractivity contribution in [1.29, 1.82) is 0 Å². The molecule has 0 fully saturated rings. The Hall–Kier alpha value is -0.160. The summed E-state index contributed by atoms with van der Waals surface area (Å²) in [5.41, 5.74) is 2.30. The molecule has 3 N–H and O–H groups in total. The van der Waals surface area contributed by atoms with Crippen LogP contribution in [0.25, 0.3) is 0 Å². The van der Waals surface area contributed by atoms with Gasteiger partial charge < -0.3 is 10.4 Å². The Balaban J connectivity index is 2.53. The fourth-order valence-corrected chi connectivity index (χ4v) is 0.271. The van der Waals surface area contributed by atoms with Gasteiger partial charge in [-0.2, -0.15) is 5.48 Å². The molecule has 0 rings (SSSR count). The first kappa shape index (κ1) is 7.84. The van der Waals surface area contributed by atoms with Gasteiger partial charge in [-0.1, -0.05) is 0 Å². The summed E-state index contributed by atoms with van der Waals surface area (Å²) in [4.78, 5) is 4.66. The molecule has 0 aromatic heterocycles. The van der Waals surface area contributed by atoms with Crippen LogP contribution in [0.5, 0.6) is 0 Å². The maximum absolute atomic E-state index is 8.11. The van der Waals surface area contributed by atoms with Gasteiger partial charge in [-0.15, -0.1) is 0 Å². The normalized spacial score (nSPS) is 9.75. The second kappa shape index (κ2) is 6.84. The predicted octanol–water partition coefficient (Wildman–Crippen LogP) is -1.32. The van der Waals surface area contributed by atoms with Gasteiger partial charge >= 0.3 is 0 Å². The Labute approximate surface area is 48.8 Å². The van der Waals surface area contributed by atoms with Crippen LogP contribution >= 0.6 is 0 Å². The Morgan fingerprint density at radius 1 is 1.62 bits per heavy atom. The van der Waals surface area contributed by atoms with E-state index in [-0.39, 0.29) is 6.73 Å². The van der Waals surface area contributed by atoms with Crippen molar-refractivity contribution in [2.24, 2.45) is 0 Å². The molecular formula is C4H12N2O2. The molecule has 50 valence electrons. The van der Waals surface area contributed by atoms with E-state index in [1.807, 2.05) is 7.05 Å². The third-order valence-corrected chi connectivity index (χ3v) is 0.621. The number of likely N-dealkylation sites (N-methyl/N-ethyl adjacent to an activating group) is 1. The van der Waals surface area contributed by atoms with Crippen LogP contribution < -0.4 is 10.8 Å². The molecule has 0 aliphatic carbocycles. The highest BCUT2D eigenvalue weighted by Crippen LogP contribution is 1.60. The second-order valence-corrected chi connectivity index (χ2v) is 1.25. The van der Waals surface area contributed by atoms with Crippen LogP contribution in [0.3, 0.4) is 0 Å². The number of hydroxylamine groups is 1. The standard InChI is InChI=1S/C4H12N2O2/c1-5-2-3-8-6-4-7/h5-7H,2-4H2,1H3. The summed E-state index contributed by atoms with van der Waals surface area (Å²) >= 11 is 0. The smallest absolute Gasteiger partial charge is 0.116 e. The maximum atomic E-state index is 8.11. The van der Waals surface area contributed by atoms with Crippen molar-refractivity contribution in [2.75, 3.05) is 26.9 Å². The average Bonchev–Trinajstić information content (AvgIpc) is 1.81. The van der Waals surface area contributed by atoms with Gasteiger partial charge in [0.25, 0.3) is 0 Å². The van der Waals surface area contributed by atoms with Crippen molar-refractivity contribution in [3.63, 3.8) is 0 Å². The molecule has 4 nitrogen and oxygen atoms in total. The van der Waals surface area contributed by atoms with E-state index < -0.39 is 0 Å². The summed E-state index contributed by atoms with van der Waals surface area (Å²) in [6.45, 7) is 1.22. The molecule has 0 amide bonds. The number of aliphatic hydroxyl groups excluding tert-OH is 1. The van der Waals surface area contributed by atoms with Gasteiger partial charge in [0.1, 0.15) is 6.73 Å². The zero-order valence-electron chi connectivity index (χ0n) is 4.98. The minimum Gasteiger partial charge on any atom is -0.379 e. The van der Waals surface area contributed by atoms with Crippen LogP contribution in [-0.2, 0) is 4.84 Å². The van der Waals surface area contributed by atoms with E-state index in [1.54, 1.807) is 0 Å². The third kappa shape index (κ3) is 5.84. The van der Waals surface area contributed by atoms with Crippen molar-refractivity contribution < 1.29 is 9.94 Å². The molecule has 0 heterocycles.